The average molecular weight is 380 g/mol. The summed E-state index contributed by atoms with van der Waals surface area (Å²) in [4.78, 5) is 20.9. The number of nitrogens with one attached hydrogen (secondary N) is 2. The normalized spacial score (nSPS) is 11.2. The molecule has 2 aromatic heterocycles. The van der Waals surface area contributed by atoms with Crippen molar-refractivity contribution in [1.82, 2.24) is 14.5 Å². The minimum atomic E-state index is 0.0583. The van der Waals surface area contributed by atoms with E-state index in [0.29, 0.717) is 17.6 Å². The SMILES string of the molecule is CCCC(CCC)Nc1ccc2nc(Nc3ccc(C(C)=O)cc3)n(C)c2n1. The Morgan fingerprint density at radius 1 is 1.04 bits per heavy atom. The van der Waals surface area contributed by atoms with Crippen LogP contribution in [0.1, 0.15) is 56.8 Å². The number of carbonyl (C=O) groups excluding carboxylic acids is 1. The summed E-state index contributed by atoms with van der Waals surface area (Å²) in [7, 11) is 1.95. The Morgan fingerprint density at radius 3 is 2.32 bits per heavy atom. The summed E-state index contributed by atoms with van der Waals surface area (Å²) < 4.78 is 1.95. The molecular formula is C22H29N5O. The van der Waals surface area contributed by atoms with Crippen LogP contribution in [0.15, 0.2) is 36.4 Å². The van der Waals surface area contributed by atoms with Crippen molar-refractivity contribution in [1.29, 1.82) is 0 Å². The van der Waals surface area contributed by atoms with Crippen LogP contribution in [-0.2, 0) is 7.05 Å². The number of hydrogen-bond acceptors (Lipinski definition) is 5. The lowest BCUT2D eigenvalue weighted by atomic mass is 10.1. The van der Waals surface area contributed by atoms with Crippen LogP contribution in [0.2, 0.25) is 0 Å². The molecule has 0 radical (unpaired) electrons. The van der Waals surface area contributed by atoms with Gasteiger partial charge in [-0.1, -0.05) is 26.7 Å². The van der Waals surface area contributed by atoms with E-state index in [4.69, 9.17) is 4.98 Å². The Morgan fingerprint density at radius 2 is 1.71 bits per heavy atom. The summed E-state index contributed by atoms with van der Waals surface area (Å²) in [5.74, 6) is 1.66. The van der Waals surface area contributed by atoms with Gasteiger partial charge in [0.05, 0.1) is 0 Å². The van der Waals surface area contributed by atoms with Crippen molar-refractivity contribution in [3.05, 3.63) is 42.0 Å². The summed E-state index contributed by atoms with van der Waals surface area (Å²) in [6.45, 7) is 5.99. The van der Waals surface area contributed by atoms with Gasteiger partial charge in [0, 0.05) is 24.3 Å². The molecule has 0 unspecified atom stereocenters. The first kappa shape index (κ1) is 19.9. The van der Waals surface area contributed by atoms with Gasteiger partial charge < -0.3 is 10.6 Å². The highest BCUT2D eigenvalue weighted by Gasteiger charge is 2.12. The van der Waals surface area contributed by atoms with E-state index in [1.165, 1.54) is 0 Å². The molecule has 0 aliphatic carbocycles. The fourth-order valence-corrected chi connectivity index (χ4v) is 3.37. The molecule has 3 rings (SSSR count). The van der Waals surface area contributed by atoms with Gasteiger partial charge in [0.25, 0.3) is 0 Å². The average Bonchev–Trinajstić information content (AvgIpc) is 2.98. The first-order chi connectivity index (χ1) is 13.5. The minimum Gasteiger partial charge on any atom is -0.367 e. The lowest BCUT2D eigenvalue weighted by molar-refractivity contribution is 0.101. The van der Waals surface area contributed by atoms with E-state index >= 15 is 0 Å². The Labute approximate surface area is 166 Å². The van der Waals surface area contributed by atoms with Crippen LogP contribution in [0.25, 0.3) is 11.2 Å². The minimum absolute atomic E-state index is 0.0583. The van der Waals surface area contributed by atoms with E-state index in [9.17, 15) is 4.79 Å². The number of ketones is 1. The number of carbonyl (C=O) groups is 1. The van der Waals surface area contributed by atoms with Crippen LogP contribution in [0.5, 0.6) is 0 Å². The Kier molecular flexibility index (Phi) is 6.29. The van der Waals surface area contributed by atoms with Gasteiger partial charge in [-0.2, -0.15) is 0 Å². The summed E-state index contributed by atoms with van der Waals surface area (Å²) >= 11 is 0. The zero-order valence-corrected chi connectivity index (χ0v) is 17.1. The van der Waals surface area contributed by atoms with Gasteiger partial charge in [0.2, 0.25) is 5.95 Å². The van der Waals surface area contributed by atoms with Crippen LogP contribution in [0.4, 0.5) is 17.5 Å². The van der Waals surface area contributed by atoms with Crippen LogP contribution in [0.3, 0.4) is 0 Å². The van der Waals surface area contributed by atoms with Crippen molar-refractivity contribution < 1.29 is 4.79 Å². The molecule has 0 fully saturated rings. The number of aromatic nitrogens is 3. The molecule has 0 bridgehead atoms. The third-order valence-corrected chi connectivity index (χ3v) is 4.89. The van der Waals surface area contributed by atoms with Crippen LogP contribution in [-0.4, -0.2) is 26.4 Å². The summed E-state index contributed by atoms with van der Waals surface area (Å²) in [6.07, 6.45) is 4.59. The molecule has 148 valence electrons. The maximum absolute atomic E-state index is 11.4. The highest BCUT2D eigenvalue weighted by Crippen LogP contribution is 2.23. The Hall–Kier alpha value is -2.89. The molecule has 0 saturated heterocycles. The fraction of sp³-hybridized carbons (Fsp3) is 0.409. The molecule has 0 amide bonds. The van der Waals surface area contributed by atoms with E-state index in [2.05, 4.69) is 29.5 Å². The molecule has 0 atom stereocenters. The monoisotopic (exact) mass is 379 g/mol. The van der Waals surface area contributed by atoms with Gasteiger partial charge in [-0.25, -0.2) is 9.97 Å². The van der Waals surface area contributed by atoms with Crippen LogP contribution in [0, 0.1) is 0 Å². The number of hydrogen-bond donors (Lipinski definition) is 2. The highest BCUT2D eigenvalue weighted by molar-refractivity contribution is 5.94. The predicted molar refractivity (Wildman–Crippen MR) is 115 cm³/mol. The first-order valence-electron chi connectivity index (χ1n) is 9.99. The lowest BCUT2D eigenvalue weighted by Crippen LogP contribution is -2.19. The maximum atomic E-state index is 11.4. The molecule has 1 aromatic carbocycles. The van der Waals surface area contributed by atoms with Crippen molar-refractivity contribution in [3.63, 3.8) is 0 Å². The van der Waals surface area contributed by atoms with Crippen LogP contribution < -0.4 is 10.6 Å². The van der Waals surface area contributed by atoms with Gasteiger partial charge in [-0.05, 0) is 56.2 Å². The molecule has 2 heterocycles. The van der Waals surface area contributed by atoms with Crippen molar-refractivity contribution in [3.8, 4) is 0 Å². The molecule has 0 aliphatic heterocycles. The Balaban J connectivity index is 1.81. The van der Waals surface area contributed by atoms with E-state index in [1.54, 1.807) is 6.92 Å². The van der Waals surface area contributed by atoms with Crippen molar-refractivity contribution in [2.24, 2.45) is 7.05 Å². The number of benzene rings is 1. The fourth-order valence-electron chi connectivity index (χ4n) is 3.37. The highest BCUT2D eigenvalue weighted by atomic mass is 16.1. The second kappa shape index (κ2) is 8.87. The van der Waals surface area contributed by atoms with Crippen molar-refractivity contribution in [2.45, 2.75) is 52.5 Å². The quantitative estimate of drug-likeness (QED) is 0.494. The second-order valence-corrected chi connectivity index (χ2v) is 7.21. The van der Waals surface area contributed by atoms with Gasteiger partial charge in [-0.3, -0.25) is 9.36 Å². The van der Waals surface area contributed by atoms with Crippen molar-refractivity contribution in [2.75, 3.05) is 10.6 Å². The van der Waals surface area contributed by atoms with E-state index in [1.807, 2.05) is 48.0 Å². The zero-order chi connectivity index (χ0) is 20.1. The molecule has 6 nitrogen and oxygen atoms in total. The number of aryl methyl sites for hydroxylation is 1. The molecule has 28 heavy (non-hydrogen) atoms. The number of nitrogens with zero attached hydrogens (tertiary/aromatic N) is 3. The lowest BCUT2D eigenvalue weighted by Gasteiger charge is -2.17. The van der Waals surface area contributed by atoms with Crippen LogP contribution >= 0.6 is 0 Å². The third kappa shape index (κ3) is 4.50. The second-order valence-electron chi connectivity index (χ2n) is 7.21. The van der Waals surface area contributed by atoms with Crippen molar-refractivity contribution >= 4 is 34.4 Å². The van der Waals surface area contributed by atoms with E-state index in [0.717, 1.165) is 48.4 Å². The van der Waals surface area contributed by atoms with Gasteiger partial charge in [-0.15, -0.1) is 0 Å². The summed E-state index contributed by atoms with van der Waals surface area (Å²) in [6, 6.07) is 11.9. The predicted octanol–water partition coefficient (Wildman–Crippen LogP) is 5.30. The Bertz CT molecular complexity index is 939. The molecular weight excluding hydrogens is 350 g/mol. The summed E-state index contributed by atoms with van der Waals surface area (Å²) in [5, 5.41) is 6.88. The van der Waals surface area contributed by atoms with E-state index < -0.39 is 0 Å². The van der Waals surface area contributed by atoms with Gasteiger partial charge >= 0.3 is 0 Å². The molecule has 0 aliphatic rings. The molecule has 3 aromatic rings. The third-order valence-electron chi connectivity index (χ3n) is 4.89. The zero-order valence-electron chi connectivity index (χ0n) is 17.1. The first-order valence-corrected chi connectivity index (χ1v) is 9.99. The van der Waals surface area contributed by atoms with E-state index in [-0.39, 0.29) is 5.78 Å². The summed E-state index contributed by atoms with van der Waals surface area (Å²) in [5.41, 5.74) is 3.26. The maximum Gasteiger partial charge on any atom is 0.209 e. The largest absolute Gasteiger partial charge is 0.367 e. The van der Waals surface area contributed by atoms with Gasteiger partial charge in [0.15, 0.2) is 11.4 Å². The van der Waals surface area contributed by atoms with Gasteiger partial charge in [0.1, 0.15) is 11.3 Å². The number of rotatable bonds is 9. The molecule has 0 saturated carbocycles. The molecule has 6 heteroatoms. The number of fused-ring (bicyclic) bond motifs is 1. The molecule has 2 N–H and O–H groups in total. The standard InChI is InChI=1S/C22H29N5O/c1-5-7-17(8-6-2)23-20-14-13-19-21(26-20)27(4)22(25-19)24-18-11-9-16(10-12-18)15(3)28/h9-14,17H,5-8H2,1-4H3,(H,23,26)(H,24,25). The molecule has 0 spiro atoms. The number of imidazole rings is 1. The number of pyridine rings is 1. The smallest absolute Gasteiger partial charge is 0.209 e. The topological polar surface area (TPSA) is 71.8 Å². The number of Topliss-reactive ketones (excluding diaryl/α,β-unsaturated/α-hetero) is 1. The number of anilines is 3.